The highest BCUT2D eigenvalue weighted by Gasteiger charge is 2.23. The predicted molar refractivity (Wildman–Crippen MR) is 120 cm³/mol. The number of nitrogens with zero attached hydrogens (tertiary/aromatic N) is 2. The number of aromatic nitrogens is 1. The highest BCUT2D eigenvalue weighted by molar-refractivity contribution is 6.13. The van der Waals surface area contributed by atoms with Crippen molar-refractivity contribution >= 4 is 21.9 Å². The highest BCUT2D eigenvalue weighted by atomic mass is 19.1. The van der Waals surface area contributed by atoms with Gasteiger partial charge in [0.25, 0.3) is 0 Å². The molecule has 2 aromatic heterocycles. The van der Waals surface area contributed by atoms with Gasteiger partial charge in [-0.25, -0.2) is 8.96 Å². The van der Waals surface area contributed by atoms with Crippen molar-refractivity contribution in [2.75, 3.05) is 0 Å². The second-order valence-corrected chi connectivity index (χ2v) is 7.92. The summed E-state index contributed by atoms with van der Waals surface area (Å²) in [5.41, 5.74) is 7.19. The number of hydrogen-bond acceptors (Lipinski definition) is 2. The van der Waals surface area contributed by atoms with Crippen LogP contribution in [0.15, 0.2) is 71.3 Å². The normalized spacial score (nSPS) is 11.2. The van der Waals surface area contributed by atoms with Crippen molar-refractivity contribution in [1.29, 1.82) is 5.26 Å². The maximum atomic E-state index is 15.0. The topological polar surface area (TPSA) is 40.8 Å². The molecule has 5 aromatic rings. The number of fused-ring (bicyclic) bond motifs is 3. The number of furan rings is 1. The van der Waals surface area contributed by atoms with Crippen molar-refractivity contribution in [3.63, 3.8) is 0 Å². The number of rotatable bonds is 2. The van der Waals surface area contributed by atoms with Gasteiger partial charge >= 0.3 is 0 Å². The van der Waals surface area contributed by atoms with Crippen LogP contribution in [0.1, 0.15) is 16.7 Å². The molecule has 4 heteroatoms. The Hall–Kier alpha value is -3.97. The Morgan fingerprint density at radius 2 is 1.55 bits per heavy atom. The van der Waals surface area contributed by atoms with Crippen LogP contribution in [0.2, 0.25) is 0 Å². The molecule has 0 fully saturated rings. The summed E-state index contributed by atoms with van der Waals surface area (Å²) in [4.78, 5) is 0. The predicted octanol–water partition coefficient (Wildman–Crippen LogP) is 6.37. The molecule has 0 atom stereocenters. The van der Waals surface area contributed by atoms with Crippen molar-refractivity contribution in [1.82, 2.24) is 0 Å². The van der Waals surface area contributed by atoms with Gasteiger partial charge in [0.2, 0.25) is 5.69 Å². The number of pyridine rings is 1. The lowest BCUT2D eigenvalue weighted by molar-refractivity contribution is -0.660. The van der Waals surface area contributed by atoms with E-state index in [0.717, 1.165) is 38.7 Å². The molecule has 0 saturated heterocycles. The first-order chi connectivity index (χ1) is 15.0. The molecule has 3 aromatic carbocycles. The standard InChI is InChI=1S/C27H20FN2O/c1-16-12-13-30(3)23(14-16)24-17(2)4-9-20-21-10-11-22(28)25(27(21)31-26(20)24)19-7-5-18(15-29)6-8-19/h4-14H,1-3H3/q+1. The Kier molecular flexibility index (Phi) is 4.34. The molecule has 31 heavy (non-hydrogen) atoms. The Morgan fingerprint density at radius 1 is 0.871 bits per heavy atom. The molecule has 5 rings (SSSR count). The smallest absolute Gasteiger partial charge is 0.216 e. The number of benzene rings is 3. The molecule has 0 saturated carbocycles. The van der Waals surface area contributed by atoms with E-state index in [1.54, 1.807) is 30.3 Å². The quantitative estimate of drug-likeness (QED) is 0.319. The average Bonchev–Trinajstić information content (AvgIpc) is 3.14. The summed E-state index contributed by atoms with van der Waals surface area (Å²) in [6, 6.07) is 20.6. The molecule has 150 valence electrons. The summed E-state index contributed by atoms with van der Waals surface area (Å²) >= 11 is 0. The van der Waals surface area contributed by atoms with E-state index in [9.17, 15) is 0 Å². The second-order valence-electron chi connectivity index (χ2n) is 7.92. The van der Waals surface area contributed by atoms with E-state index in [1.807, 2.05) is 19.3 Å². The minimum absolute atomic E-state index is 0.351. The molecule has 0 radical (unpaired) electrons. The van der Waals surface area contributed by atoms with Gasteiger partial charge in [-0.3, -0.25) is 0 Å². The van der Waals surface area contributed by atoms with E-state index >= 15 is 4.39 Å². The molecule has 0 bridgehead atoms. The Labute approximate surface area is 179 Å². The Balaban J connectivity index is 1.87. The summed E-state index contributed by atoms with van der Waals surface area (Å²) in [5.74, 6) is -0.351. The van der Waals surface area contributed by atoms with Crippen LogP contribution >= 0.6 is 0 Å². The maximum Gasteiger partial charge on any atom is 0.216 e. The first kappa shape index (κ1) is 19.0. The molecule has 0 spiro atoms. The minimum Gasteiger partial charge on any atom is -0.454 e. The van der Waals surface area contributed by atoms with Crippen molar-refractivity contribution in [3.8, 4) is 28.5 Å². The van der Waals surface area contributed by atoms with Gasteiger partial charge in [0, 0.05) is 22.9 Å². The first-order valence-corrected chi connectivity index (χ1v) is 10.1. The zero-order chi connectivity index (χ0) is 21.7. The van der Waals surface area contributed by atoms with Gasteiger partial charge in [0.15, 0.2) is 6.20 Å². The molecule has 0 aliphatic carbocycles. The van der Waals surface area contributed by atoms with Crippen LogP contribution in [-0.2, 0) is 7.05 Å². The average molecular weight is 407 g/mol. The van der Waals surface area contributed by atoms with Crippen molar-refractivity contribution in [3.05, 3.63) is 89.4 Å². The SMILES string of the molecule is Cc1cc[n+](C)c(-c2c(C)ccc3c2oc2c(-c4ccc(C#N)cc4)c(F)ccc23)c1. The lowest BCUT2D eigenvalue weighted by atomic mass is 9.98. The zero-order valence-corrected chi connectivity index (χ0v) is 17.5. The first-order valence-electron chi connectivity index (χ1n) is 10.1. The third kappa shape index (κ3) is 2.98. The summed E-state index contributed by atoms with van der Waals surface area (Å²) in [6.45, 7) is 4.13. The van der Waals surface area contributed by atoms with Gasteiger partial charge < -0.3 is 4.42 Å². The monoisotopic (exact) mass is 407 g/mol. The Morgan fingerprint density at radius 3 is 2.26 bits per heavy atom. The van der Waals surface area contributed by atoms with Crippen LogP contribution in [0.4, 0.5) is 4.39 Å². The third-order valence-corrected chi connectivity index (χ3v) is 5.83. The van der Waals surface area contributed by atoms with Crippen molar-refractivity contribution in [2.45, 2.75) is 13.8 Å². The van der Waals surface area contributed by atoms with Gasteiger partial charge in [-0.2, -0.15) is 5.26 Å². The fourth-order valence-electron chi connectivity index (χ4n) is 4.20. The fourth-order valence-corrected chi connectivity index (χ4v) is 4.20. The van der Waals surface area contributed by atoms with Crippen LogP contribution in [-0.4, -0.2) is 0 Å². The van der Waals surface area contributed by atoms with Crippen LogP contribution in [0, 0.1) is 31.0 Å². The summed E-state index contributed by atoms with van der Waals surface area (Å²) in [6.07, 6.45) is 2.04. The van der Waals surface area contributed by atoms with Crippen molar-refractivity contribution in [2.24, 2.45) is 7.05 Å². The highest BCUT2D eigenvalue weighted by Crippen LogP contribution is 2.41. The molecule has 0 amide bonds. The van der Waals surface area contributed by atoms with Crippen molar-refractivity contribution < 1.29 is 13.4 Å². The largest absolute Gasteiger partial charge is 0.454 e. The number of nitriles is 1. The molecule has 0 aliphatic rings. The molecular weight excluding hydrogens is 387 g/mol. The number of hydrogen-bond donors (Lipinski definition) is 0. The minimum atomic E-state index is -0.351. The van der Waals surface area contributed by atoms with E-state index in [0.29, 0.717) is 22.3 Å². The third-order valence-electron chi connectivity index (χ3n) is 5.83. The van der Waals surface area contributed by atoms with Gasteiger partial charge in [0.1, 0.15) is 24.0 Å². The molecule has 0 aliphatic heterocycles. The van der Waals surface area contributed by atoms with Crippen LogP contribution in [0.3, 0.4) is 0 Å². The molecule has 2 heterocycles. The lowest BCUT2D eigenvalue weighted by Gasteiger charge is -2.06. The number of halogens is 1. The van der Waals surface area contributed by atoms with E-state index in [4.69, 9.17) is 9.68 Å². The van der Waals surface area contributed by atoms with Gasteiger partial charge in [-0.1, -0.05) is 24.3 Å². The second kappa shape index (κ2) is 7.07. The molecule has 0 unspecified atom stereocenters. The Bertz CT molecular complexity index is 1520. The van der Waals surface area contributed by atoms with E-state index in [2.05, 4.69) is 42.7 Å². The summed E-state index contributed by atoms with van der Waals surface area (Å²) < 4.78 is 23.5. The molecular formula is C27H20FN2O+. The number of aryl methyl sites for hydroxylation is 3. The summed E-state index contributed by atoms with van der Waals surface area (Å²) in [7, 11) is 2.01. The summed E-state index contributed by atoms with van der Waals surface area (Å²) in [5, 5.41) is 10.9. The maximum absolute atomic E-state index is 15.0. The van der Waals surface area contributed by atoms with E-state index < -0.39 is 0 Å². The lowest BCUT2D eigenvalue weighted by Crippen LogP contribution is -2.30. The van der Waals surface area contributed by atoms with Crippen LogP contribution in [0.25, 0.3) is 44.3 Å². The molecule has 0 N–H and O–H groups in total. The van der Waals surface area contributed by atoms with Crippen LogP contribution < -0.4 is 4.57 Å². The van der Waals surface area contributed by atoms with E-state index in [1.165, 1.54) is 6.07 Å². The van der Waals surface area contributed by atoms with E-state index in [-0.39, 0.29) is 5.82 Å². The van der Waals surface area contributed by atoms with Gasteiger partial charge in [-0.05, 0) is 54.8 Å². The fraction of sp³-hybridized carbons (Fsp3) is 0.111. The molecule has 3 nitrogen and oxygen atoms in total. The zero-order valence-electron chi connectivity index (χ0n) is 17.5. The van der Waals surface area contributed by atoms with Gasteiger partial charge in [-0.15, -0.1) is 0 Å². The van der Waals surface area contributed by atoms with Gasteiger partial charge in [0.05, 0.1) is 22.8 Å². The van der Waals surface area contributed by atoms with Crippen LogP contribution in [0.5, 0.6) is 0 Å².